The fourth-order valence-corrected chi connectivity index (χ4v) is 1.25. The van der Waals surface area contributed by atoms with E-state index in [9.17, 15) is 9.13 Å². The van der Waals surface area contributed by atoms with Crippen molar-refractivity contribution in [1.82, 2.24) is 0 Å². The SMILES string of the molecule is O=P(O)(O)OP(=O)(O)O.O[Si](O)(O)O.[H-].[H-].[Mg+2]. The minimum Gasteiger partial charge on any atom is -1.00 e. The zero-order chi connectivity index (χ0) is 12.2. The van der Waals surface area contributed by atoms with Crippen LogP contribution in [0.4, 0.5) is 0 Å². The molecule has 0 aliphatic rings. The largest absolute Gasteiger partial charge is 2.00 e. The Labute approximate surface area is 103 Å². The Bertz CT molecular complexity index is 225. The van der Waals surface area contributed by atoms with Gasteiger partial charge < -0.3 is 41.6 Å². The molecule has 0 aliphatic heterocycles. The van der Waals surface area contributed by atoms with Crippen LogP contribution in [0.1, 0.15) is 2.85 Å². The Morgan fingerprint density at radius 1 is 0.867 bits per heavy atom. The monoisotopic (exact) mass is 300 g/mol. The van der Waals surface area contributed by atoms with Gasteiger partial charge >= 0.3 is 47.7 Å². The molecule has 15 heteroatoms. The number of phosphoric acid groups is 2. The Balaban J connectivity index is -0.0000000533. The zero-order valence-electron chi connectivity index (χ0n) is 8.90. The normalized spacial score (nSPS) is 12.3. The molecule has 11 nitrogen and oxygen atoms in total. The molecule has 0 radical (unpaired) electrons. The van der Waals surface area contributed by atoms with Crippen molar-refractivity contribution >= 4 is 47.7 Å². The molecule has 0 spiro atoms. The zero-order valence-corrected chi connectivity index (χ0v) is 11.1. The second-order valence-electron chi connectivity index (χ2n) is 1.66. The van der Waals surface area contributed by atoms with Crippen molar-refractivity contribution in [2.75, 3.05) is 0 Å². The fraction of sp³-hybridized carbons (Fsp3) is 0. The average Bonchev–Trinajstić information content (AvgIpc) is 1.42. The summed E-state index contributed by atoms with van der Waals surface area (Å²) >= 11 is 0. The average molecular weight is 300 g/mol. The summed E-state index contributed by atoms with van der Waals surface area (Å²) in [6, 6.07) is 0. The van der Waals surface area contributed by atoms with Gasteiger partial charge in [0.15, 0.2) is 0 Å². The summed E-state index contributed by atoms with van der Waals surface area (Å²) in [5.74, 6) is 0. The van der Waals surface area contributed by atoms with Crippen molar-refractivity contribution in [3.8, 4) is 0 Å². The molecule has 0 saturated carbocycles. The predicted octanol–water partition coefficient (Wildman–Crippen LogP) is -3.58. The topological polar surface area (TPSA) is 205 Å². The quantitative estimate of drug-likeness (QED) is 0.185. The summed E-state index contributed by atoms with van der Waals surface area (Å²) in [6.45, 7) is 0. The number of hydrogen-bond donors (Lipinski definition) is 8. The van der Waals surface area contributed by atoms with Gasteiger partial charge in [-0.2, -0.15) is 4.31 Å². The molecular formula is H10MgO11P2Si. The maximum Gasteiger partial charge on any atom is 2.00 e. The van der Waals surface area contributed by atoms with Crippen LogP contribution in [0.15, 0.2) is 0 Å². The maximum absolute atomic E-state index is 9.63. The number of hydrogen-bond acceptors (Lipinski definition) is 7. The van der Waals surface area contributed by atoms with Gasteiger partial charge in [0, 0.05) is 0 Å². The van der Waals surface area contributed by atoms with Crippen LogP contribution in [-0.4, -0.2) is 70.9 Å². The van der Waals surface area contributed by atoms with Crippen LogP contribution in [0, 0.1) is 0 Å². The molecule has 8 N–H and O–H groups in total. The Hall–Kier alpha value is 1.08. The van der Waals surface area contributed by atoms with Crippen molar-refractivity contribution in [3.63, 3.8) is 0 Å². The first-order valence-corrected chi connectivity index (χ1v) is 7.27. The van der Waals surface area contributed by atoms with Gasteiger partial charge in [0.2, 0.25) is 0 Å². The molecule has 0 unspecified atom stereocenters. The van der Waals surface area contributed by atoms with Gasteiger partial charge in [0.1, 0.15) is 0 Å². The van der Waals surface area contributed by atoms with Crippen LogP contribution in [0.25, 0.3) is 0 Å². The molecule has 0 aromatic carbocycles. The molecule has 0 rings (SSSR count). The Morgan fingerprint density at radius 2 is 1.00 bits per heavy atom. The van der Waals surface area contributed by atoms with E-state index < -0.39 is 24.7 Å². The molecule has 0 aromatic heterocycles. The molecule has 15 heavy (non-hydrogen) atoms. The van der Waals surface area contributed by atoms with E-state index >= 15 is 0 Å². The third kappa shape index (κ3) is 51.5. The van der Waals surface area contributed by atoms with E-state index in [4.69, 9.17) is 38.8 Å². The Kier molecular flexibility index (Phi) is 10.6. The second-order valence-corrected chi connectivity index (χ2v) is 5.48. The summed E-state index contributed by atoms with van der Waals surface area (Å²) < 4.78 is 22.2. The van der Waals surface area contributed by atoms with Crippen molar-refractivity contribution in [3.05, 3.63) is 0 Å². The van der Waals surface area contributed by atoms with Gasteiger partial charge in [-0.3, -0.25) is 0 Å². The van der Waals surface area contributed by atoms with Crippen LogP contribution in [0.3, 0.4) is 0 Å². The van der Waals surface area contributed by atoms with Crippen LogP contribution in [0.2, 0.25) is 0 Å². The molecule has 0 amide bonds. The summed E-state index contributed by atoms with van der Waals surface area (Å²) in [7, 11) is -14.7. The van der Waals surface area contributed by atoms with Gasteiger partial charge in [0.25, 0.3) is 0 Å². The van der Waals surface area contributed by atoms with E-state index in [2.05, 4.69) is 4.31 Å². The first-order valence-electron chi connectivity index (χ1n) is 2.42. The Morgan fingerprint density at radius 3 is 1.00 bits per heavy atom. The minimum absolute atomic E-state index is 0. The molecule has 92 valence electrons. The third-order valence-corrected chi connectivity index (χ3v) is 1.91. The molecule has 0 saturated heterocycles. The number of rotatable bonds is 2. The van der Waals surface area contributed by atoms with E-state index in [0.717, 1.165) is 0 Å². The summed E-state index contributed by atoms with van der Waals surface area (Å²) in [5.41, 5.74) is 0. The van der Waals surface area contributed by atoms with E-state index in [-0.39, 0.29) is 25.9 Å². The van der Waals surface area contributed by atoms with Gasteiger partial charge in [-0.1, -0.05) is 0 Å². The van der Waals surface area contributed by atoms with Gasteiger partial charge in [-0.05, 0) is 0 Å². The van der Waals surface area contributed by atoms with Crippen molar-refractivity contribution in [2.24, 2.45) is 0 Å². The molecule has 0 fully saturated rings. The molecule has 0 aliphatic carbocycles. The second kappa shape index (κ2) is 7.42. The van der Waals surface area contributed by atoms with Gasteiger partial charge in [-0.25, -0.2) is 9.13 Å². The first-order chi connectivity index (χ1) is 5.71. The molecular weight excluding hydrogens is 290 g/mol. The minimum atomic E-state index is -5.05. The summed E-state index contributed by atoms with van der Waals surface area (Å²) in [6.07, 6.45) is 0. The van der Waals surface area contributed by atoms with Crippen LogP contribution >= 0.6 is 15.6 Å². The van der Waals surface area contributed by atoms with Gasteiger partial charge in [-0.15, -0.1) is 0 Å². The molecule has 0 bridgehead atoms. The van der Waals surface area contributed by atoms with E-state index in [0.29, 0.717) is 0 Å². The molecule has 0 atom stereocenters. The molecule has 0 heterocycles. The standard InChI is InChI=1S/Mg.H4O7P2.H4O4Si.2H/c;1-8(2,3)7-9(4,5)6;1-5(2,3)4;;/h;(H2,1,2,3)(H2,4,5,6);1-4H;;/q+2;;;2*-1. The fourth-order valence-electron chi connectivity index (χ4n) is 0.139. The van der Waals surface area contributed by atoms with E-state index in [1.165, 1.54) is 0 Å². The van der Waals surface area contributed by atoms with Crippen molar-refractivity contribution in [1.29, 1.82) is 0 Å². The first kappa shape index (κ1) is 21.4. The van der Waals surface area contributed by atoms with Gasteiger partial charge in [0.05, 0.1) is 0 Å². The van der Waals surface area contributed by atoms with E-state index in [1.807, 2.05) is 0 Å². The van der Waals surface area contributed by atoms with Crippen LogP contribution < -0.4 is 0 Å². The smallest absolute Gasteiger partial charge is 1.00 e. The molecule has 0 aromatic rings. The summed E-state index contributed by atoms with van der Waals surface area (Å²) in [4.78, 5) is 60.3. The van der Waals surface area contributed by atoms with Crippen LogP contribution in [0.5, 0.6) is 0 Å². The van der Waals surface area contributed by atoms with Crippen molar-refractivity contribution in [2.45, 2.75) is 0 Å². The van der Waals surface area contributed by atoms with E-state index in [1.54, 1.807) is 0 Å². The maximum atomic E-state index is 9.63. The third-order valence-electron chi connectivity index (χ3n) is 0.213. The van der Waals surface area contributed by atoms with Crippen molar-refractivity contribution < 1.29 is 55.1 Å². The predicted molar refractivity (Wildman–Crippen MR) is 47.8 cm³/mol. The van der Waals surface area contributed by atoms with Crippen LogP contribution in [-0.2, 0) is 13.4 Å². The summed E-state index contributed by atoms with van der Waals surface area (Å²) in [5, 5.41) is 0.